The van der Waals surface area contributed by atoms with Crippen molar-refractivity contribution in [2.45, 2.75) is 39.3 Å². The maximum absolute atomic E-state index is 12.2. The molecule has 0 radical (unpaired) electrons. The lowest BCUT2D eigenvalue weighted by Crippen LogP contribution is -2.49. The summed E-state index contributed by atoms with van der Waals surface area (Å²) in [4.78, 5) is 25.5. The summed E-state index contributed by atoms with van der Waals surface area (Å²) in [6.07, 6.45) is 2.06. The Morgan fingerprint density at radius 1 is 1.56 bits per heavy atom. The largest absolute Gasteiger partial charge is 0.344 e. The highest BCUT2D eigenvalue weighted by Crippen LogP contribution is 2.15. The highest BCUT2D eigenvalue weighted by molar-refractivity contribution is 5.90. The third kappa shape index (κ3) is 2.62. The van der Waals surface area contributed by atoms with E-state index in [1.807, 2.05) is 20.8 Å². The second-order valence-electron chi connectivity index (χ2n) is 4.62. The van der Waals surface area contributed by atoms with E-state index >= 15 is 0 Å². The summed E-state index contributed by atoms with van der Waals surface area (Å²) in [6, 6.07) is -0.466. The van der Waals surface area contributed by atoms with E-state index in [1.165, 1.54) is 0 Å². The van der Waals surface area contributed by atoms with Gasteiger partial charge in [0.15, 0.2) is 0 Å². The summed E-state index contributed by atoms with van der Waals surface area (Å²) in [6.45, 7) is 9.91. The molecule has 1 saturated heterocycles. The van der Waals surface area contributed by atoms with Crippen LogP contribution in [-0.4, -0.2) is 35.3 Å². The Balaban J connectivity index is 2.94. The van der Waals surface area contributed by atoms with Crippen molar-refractivity contribution in [3.05, 3.63) is 12.7 Å². The Hall–Kier alpha value is -1.32. The van der Waals surface area contributed by atoms with Crippen LogP contribution in [0.5, 0.6) is 0 Å². The third-order valence-corrected chi connectivity index (χ3v) is 2.87. The highest BCUT2D eigenvalue weighted by Gasteiger charge is 2.34. The molecule has 1 heterocycles. The Morgan fingerprint density at radius 2 is 2.19 bits per heavy atom. The molecule has 0 aromatic carbocycles. The molecule has 0 aliphatic carbocycles. The lowest BCUT2D eigenvalue weighted by Gasteiger charge is -2.28. The van der Waals surface area contributed by atoms with Crippen LogP contribution in [0.15, 0.2) is 12.7 Å². The van der Waals surface area contributed by atoms with Crippen LogP contribution < -0.4 is 5.32 Å². The second kappa shape index (κ2) is 5.14. The van der Waals surface area contributed by atoms with Gasteiger partial charge in [-0.05, 0) is 12.8 Å². The molecule has 2 unspecified atom stereocenters. The molecular formula is C12H20N2O2. The Morgan fingerprint density at radius 3 is 2.69 bits per heavy atom. The molecule has 2 amide bonds. The van der Waals surface area contributed by atoms with Gasteiger partial charge in [0, 0.05) is 19.0 Å². The van der Waals surface area contributed by atoms with Gasteiger partial charge in [0.2, 0.25) is 11.8 Å². The minimum Gasteiger partial charge on any atom is -0.344 e. The molecule has 0 aromatic heterocycles. The van der Waals surface area contributed by atoms with Crippen LogP contribution in [0.1, 0.15) is 27.2 Å². The van der Waals surface area contributed by atoms with Gasteiger partial charge in [0.05, 0.1) is 0 Å². The molecule has 1 aliphatic heterocycles. The van der Waals surface area contributed by atoms with E-state index in [2.05, 4.69) is 11.9 Å². The zero-order chi connectivity index (χ0) is 12.3. The fraction of sp³-hybridized carbons (Fsp3) is 0.667. The fourth-order valence-electron chi connectivity index (χ4n) is 1.93. The monoisotopic (exact) mass is 224 g/mol. The van der Waals surface area contributed by atoms with Crippen LogP contribution in [0.3, 0.4) is 0 Å². The van der Waals surface area contributed by atoms with Gasteiger partial charge in [-0.25, -0.2) is 0 Å². The first-order chi connectivity index (χ1) is 7.47. The quantitative estimate of drug-likeness (QED) is 0.725. The number of carbonyl (C=O) groups is 2. The summed E-state index contributed by atoms with van der Waals surface area (Å²) in [5, 5.41) is 2.78. The molecule has 1 rings (SSSR count). The average Bonchev–Trinajstić information content (AvgIpc) is 2.29. The molecule has 1 aliphatic rings. The summed E-state index contributed by atoms with van der Waals surface area (Å²) in [5.41, 5.74) is 0. The maximum Gasteiger partial charge on any atom is 0.245 e. The number of nitrogens with one attached hydrogen (secondary N) is 1. The number of nitrogens with zero attached hydrogens (tertiary/aromatic N) is 1. The highest BCUT2D eigenvalue weighted by atomic mass is 16.2. The van der Waals surface area contributed by atoms with E-state index in [0.29, 0.717) is 13.0 Å². The summed E-state index contributed by atoms with van der Waals surface area (Å²) in [5.74, 6) is 0.0495. The Kier molecular flexibility index (Phi) is 4.10. The van der Waals surface area contributed by atoms with Crippen LogP contribution in [0.25, 0.3) is 0 Å². The third-order valence-electron chi connectivity index (χ3n) is 2.87. The Labute approximate surface area is 96.7 Å². The van der Waals surface area contributed by atoms with E-state index < -0.39 is 6.04 Å². The average molecular weight is 224 g/mol. The number of hydrogen-bond donors (Lipinski definition) is 1. The summed E-state index contributed by atoms with van der Waals surface area (Å²) >= 11 is 0. The van der Waals surface area contributed by atoms with E-state index in [-0.39, 0.29) is 23.8 Å². The first-order valence-electron chi connectivity index (χ1n) is 5.68. The molecule has 0 saturated carbocycles. The SMILES string of the molecule is C=CCN1C(=O)C(C(C)C)NC(=O)CC1C. The second-order valence-corrected chi connectivity index (χ2v) is 4.62. The zero-order valence-electron chi connectivity index (χ0n) is 10.2. The zero-order valence-corrected chi connectivity index (χ0v) is 10.2. The van der Waals surface area contributed by atoms with E-state index in [0.717, 1.165) is 0 Å². The molecule has 1 fully saturated rings. The van der Waals surface area contributed by atoms with Crippen molar-refractivity contribution in [3.63, 3.8) is 0 Å². The minimum absolute atomic E-state index is 0.00625. The van der Waals surface area contributed by atoms with Crippen molar-refractivity contribution in [1.82, 2.24) is 10.2 Å². The van der Waals surface area contributed by atoms with Crippen LogP contribution in [0, 0.1) is 5.92 Å². The minimum atomic E-state index is -0.405. The molecule has 4 nitrogen and oxygen atoms in total. The first kappa shape index (κ1) is 12.7. The number of rotatable bonds is 3. The van der Waals surface area contributed by atoms with Gasteiger partial charge in [-0.1, -0.05) is 19.9 Å². The van der Waals surface area contributed by atoms with Crippen molar-refractivity contribution in [1.29, 1.82) is 0 Å². The van der Waals surface area contributed by atoms with E-state index in [9.17, 15) is 9.59 Å². The maximum atomic E-state index is 12.2. The number of hydrogen-bond acceptors (Lipinski definition) is 2. The van der Waals surface area contributed by atoms with Crippen molar-refractivity contribution in [2.24, 2.45) is 5.92 Å². The van der Waals surface area contributed by atoms with Crippen LogP contribution >= 0.6 is 0 Å². The van der Waals surface area contributed by atoms with E-state index in [4.69, 9.17) is 0 Å². The fourth-order valence-corrected chi connectivity index (χ4v) is 1.93. The van der Waals surface area contributed by atoms with Gasteiger partial charge in [-0.2, -0.15) is 0 Å². The lowest BCUT2D eigenvalue weighted by molar-refractivity contribution is -0.135. The standard InChI is InChI=1S/C12H20N2O2/c1-5-6-14-9(4)7-10(15)13-11(8(2)3)12(14)16/h5,8-9,11H,1,6-7H2,2-4H3,(H,13,15). The van der Waals surface area contributed by atoms with Crippen molar-refractivity contribution < 1.29 is 9.59 Å². The summed E-state index contributed by atoms with van der Waals surface area (Å²) in [7, 11) is 0. The number of amides is 2. The molecule has 0 aromatic rings. The molecule has 4 heteroatoms. The molecule has 2 atom stereocenters. The van der Waals surface area contributed by atoms with Crippen LogP contribution in [0.4, 0.5) is 0 Å². The lowest BCUT2D eigenvalue weighted by atomic mass is 10.0. The van der Waals surface area contributed by atoms with Gasteiger partial charge >= 0.3 is 0 Å². The molecule has 16 heavy (non-hydrogen) atoms. The van der Waals surface area contributed by atoms with Crippen molar-refractivity contribution in [2.75, 3.05) is 6.54 Å². The topological polar surface area (TPSA) is 49.4 Å². The predicted octanol–water partition coefficient (Wildman–Crippen LogP) is 0.934. The van der Waals surface area contributed by atoms with Crippen molar-refractivity contribution >= 4 is 11.8 Å². The van der Waals surface area contributed by atoms with Gasteiger partial charge in [0.1, 0.15) is 6.04 Å². The predicted molar refractivity (Wildman–Crippen MR) is 62.8 cm³/mol. The number of carbonyl (C=O) groups excluding carboxylic acids is 2. The van der Waals surface area contributed by atoms with Gasteiger partial charge in [0.25, 0.3) is 0 Å². The molecule has 0 spiro atoms. The van der Waals surface area contributed by atoms with Crippen molar-refractivity contribution in [3.8, 4) is 0 Å². The first-order valence-corrected chi connectivity index (χ1v) is 5.68. The van der Waals surface area contributed by atoms with Crippen LogP contribution in [-0.2, 0) is 9.59 Å². The van der Waals surface area contributed by atoms with E-state index in [1.54, 1.807) is 11.0 Å². The molecular weight excluding hydrogens is 204 g/mol. The summed E-state index contributed by atoms with van der Waals surface area (Å²) < 4.78 is 0. The molecule has 0 bridgehead atoms. The molecule has 90 valence electrons. The normalized spacial score (nSPS) is 26.6. The smallest absolute Gasteiger partial charge is 0.245 e. The van der Waals surface area contributed by atoms with Gasteiger partial charge in [-0.3, -0.25) is 9.59 Å². The Bertz CT molecular complexity index is 299. The molecule has 1 N–H and O–H groups in total. The van der Waals surface area contributed by atoms with Crippen LogP contribution in [0.2, 0.25) is 0 Å². The van der Waals surface area contributed by atoms with Gasteiger partial charge < -0.3 is 10.2 Å². The van der Waals surface area contributed by atoms with Gasteiger partial charge in [-0.15, -0.1) is 6.58 Å².